The number of rotatable bonds is 6. The van der Waals surface area contributed by atoms with Gasteiger partial charge in [0.2, 0.25) is 0 Å². The van der Waals surface area contributed by atoms with Crippen molar-refractivity contribution in [1.82, 2.24) is 10.3 Å². The molecule has 112 valence electrons. The Morgan fingerprint density at radius 2 is 1.86 bits per heavy atom. The summed E-state index contributed by atoms with van der Waals surface area (Å²) in [4.78, 5) is 4.34. The van der Waals surface area contributed by atoms with Crippen molar-refractivity contribution in [2.24, 2.45) is 0 Å². The molecule has 3 nitrogen and oxygen atoms in total. The van der Waals surface area contributed by atoms with Gasteiger partial charge in [0, 0.05) is 23.8 Å². The van der Waals surface area contributed by atoms with Gasteiger partial charge in [0.15, 0.2) is 0 Å². The number of aromatic nitrogens is 1. The second-order valence-corrected chi connectivity index (χ2v) is 5.51. The van der Waals surface area contributed by atoms with Crippen molar-refractivity contribution in [2.45, 2.75) is 33.7 Å². The van der Waals surface area contributed by atoms with E-state index in [9.17, 15) is 0 Å². The molecule has 4 heteroatoms. The zero-order chi connectivity index (χ0) is 15.2. The third-order valence-electron chi connectivity index (χ3n) is 3.17. The maximum atomic E-state index is 6.17. The molecule has 0 aliphatic carbocycles. The van der Waals surface area contributed by atoms with Crippen LogP contribution in [0.2, 0.25) is 5.02 Å². The lowest BCUT2D eigenvalue weighted by atomic mass is 10.1. The van der Waals surface area contributed by atoms with Crippen molar-refractivity contribution in [3.05, 3.63) is 52.3 Å². The van der Waals surface area contributed by atoms with E-state index in [1.165, 1.54) is 0 Å². The van der Waals surface area contributed by atoms with Crippen molar-refractivity contribution in [2.75, 3.05) is 6.54 Å². The summed E-state index contributed by atoms with van der Waals surface area (Å²) in [6, 6.07) is 7.72. The number of aryl methyl sites for hydroxylation is 2. The molecule has 0 aliphatic heterocycles. The zero-order valence-electron chi connectivity index (χ0n) is 12.7. The van der Waals surface area contributed by atoms with Gasteiger partial charge in [-0.05, 0) is 56.1 Å². The number of nitrogens with one attached hydrogen (secondary N) is 1. The zero-order valence-corrected chi connectivity index (χ0v) is 13.5. The highest BCUT2D eigenvalue weighted by atomic mass is 35.5. The van der Waals surface area contributed by atoms with Gasteiger partial charge < -0.3 is 10.1 Å². The van der Waals surface area contributed by atoms with Gasteiger partial charge in [-0.25, -0.2) is 0 Å². The lowest BCUT2D eigenvalue weighted by Gasteiger charge is -2.10. The highest BCUT2D eigenvalue weighted by Gasteiger charge is 2.05. The van der Waals surface area contributed by atoms with Crippen molar-refractivity contribution < 1.29 is 4.74 Å². The SMILES string of the molecule is CCCNCc1cc(Oc2cc(C)c(Cl)c(C)c2)ccn1. The number of hydrogen-bond donors (Lipinski definition) is 1. The average molecular weight is 305 g/mol. The number of ether oxygens (including phenoxy) is 1. The molecule has 1 N–H and O–H groups in total. The summed E-state index contributed by atoms with van der Waals surface area (Å²) < 4.78 is 5.92. The van der Waals surface area contributed by atoms with Gasteiger partial charge >= 0.3 is 0 Å². The van der Waals surface area contributed by atoms with Crippen LogP contribution in [0.15, 0.2) is 30.5 Å². The maximum absolute atomic E-state index is 6.17. The number of hydrogen-bond acceptors (Lipinski definition) is 3. The monoisotopic (exact) mass is 304 g/mol. The minimum atomic E-state index is 0.754. The average Bonchev–Trinajstić information content (AvgIpc) is 2.45. The lowest BCUT2D eigenvalue weighted by Crippen LogP contribution is -2.14. The Balaban J connectivity index is 2.11. The molecule has 1 aromatic heterocycles. The molecule has 0 atom stereocenters. The third-order valence-corrected chi connectivity index (χ3v) is 3.76. The fourth-order valence-corrected chi connectivity index (χ4v) is 2.22. The number of pyridine rings is 1. The van der Waals surface area contributed by atoms with Crippen LogP contribution in [0, 0.1) is 13.8 Å². The van der Waals surface area contributed by atoms with Crippen LogP contribution in [-0.4, -0.2) is 11.5 Å². The van der Waals surface area contributed by atoms with Crippen LogP contribution in [0.4, 0.5) is 0 Å². The Morgan fingerprint density at radius 1 is 1.14 bits per heavy atom. The van der Waals surface area contributed by atoms with E-state index in [1.807, 2.05) is 38.1 Å². The first-order valence-corrected chi connectivity index (χ1v) is 7.58. The fourth-order valence-electron chi connectivity index (χ4n) is 2.11. The molecule has 0 spiro atoms. The van der Waals surface area contributed by atoms with E-state index in [0.717, 1.165) is 52.9 Å². The number of halogens is 1. The van der Waals surface area contributed by atoms with Gasteiger partial charge in [0.05, 0.1) is 5.69 Å². The van der Waals surface area contributed by atoms with Gasteiger partial charge in [-0.15, -0.1) is 0 Å². The molecule has 2 rings (SSSR count). The third kappa shape index (κ3) is 4.45. The molecule has 0 bridgehead atoms. The molecular weight excluding hydrogens is 284 g/mol. The first kappa shape index (κ1) is 15.8. The minimum absolute atomic E-state index is 0.754. The first-order chi connectivity index (χ1) is 10.1. The quantitative estimate of drug-likeness (QED) is 0.789. The molecule has 0 radical (unpaired) electrons. The van der Waals surface area contributed by atoms with Crippen molar-refractivity contribution in [3.63, 3.8) is 0 Å². The first-order valence-electron chi connectivity index (χ1n) is 7.20. The largest absolute Gasteiger partial charge is 0.457 e. The Bertz CT molecular complexity index is 590. The fraction of sp³-hybridized carbons (Fsp3) is 0.353. The van der Waals surface area contributed by atoms with Crippen molar-refractivity contribution in [1.29, 1.82) is 0 Å². The standard InChI is InChI=1S/C17H21ClN2O/c1-4-6-19-11-14-10-15(5-7-20-14)21-16-8-12(2)17(18)13(3)9-16/h5,7-10,19H,4,6,11H2,1-3H3. The Labute approximate surface area is 131 Å². The van der Waals surface area contributed by atoms with E-state index in [2.05, 4.69) is 17.2 Å². The highest BCUT2D eigenvalue weighted by Crippen LogP contribution is 2.29. The van der Waals surface area contributed by atoms with Gasteiger partial charge in [-0.2, -0.15) is 0 Å². The molecule has 0 saturated carbocycles. The maximum Gasteiger partial charge on any atom is 0.130 e. The summed E-state index contributed by atoms with van der Waals surface area (Å²) in [5.41, 5.74) is 3.01. The van der Waals surface area contributed by atoms with E-state index in [-0.39, 0.29) is 0 Å². The normalized spacial score (nSPS) is 10.7. The van der Waals surface area contributed by atoms with Crippen molar-refractivity contribution >= 4 is 11.6 Å². The molecule has 0 saturated heterocycles. The van der Waals surface area contributed by atoms with Crippen LogP contribution in [-0.2, 0) is 6.54 Å². The van der Waals surface area contributed by atoms with Gasteiger partial charge in [0.25, 0.3) is 0 Å². The van der Waals surface area contributed by atoms with E-state index >= 15 is 0 Å². The Hall–Kier alpha value is -1.58. The lowest BCUT2D eigenvalue weighted by molar-refractivity contribution is 0.479. The summed E-state index contributed by atoms with van der Waals surface area (Å²) in [5, 5.41) is 4.13. The van der Waals surface area contributed by atoms with Crippen LogP contribution in [0.3, 0.4) is 0 Å². The smallest absolute Gasteiger partial charge is 0.130 e. The topological polar surface area (TPSA) is 34.1 Å². The summed E-state index contributed by atoms with van der Waals surface area (Å²) >= 11 is 6.17. The molecule has 1 aromatic carbocycles. The van der Waals surface area contributed by atoms with Gasteiger partial charge in [-0.3, -0.25) is 4.98 Å². The molecule has 2 aromatic rings. The molecular formula is C17H21ClN2O. The van der Waals surface area contributed by atoms with Gasteiger partial charge in [0.1, 0.15) is 11.5 Å². The summed E-state index contributed by atoms with van der Waals surface area (Å²) in [5.74, 6) is 1.59. The molecule has 0 amide bonds. The number of nitrogens with zero attached hydrogens (tertiary/aromatic N) is 1. The molecule has 21 heavy (non-hydrogen) atoms. The van der Waals surface area contributed by atoms with E-state index < -0.39 is 0 Å². The molecule has 0 aliphatic rings. The van der Waals surface area contributed by atoms with Crippen LogP contribution in [0.25, 0.3) is 0 Å². The summed E-state index contributed by atoms with van der Waals surface area (Å²) in [6.07, 6.45) is 2.88. The van der Waals surface area contributed by atoms with E-state index in [1.54, 1.807) is 6.20 Å². The Morgan fingerprint density at radius 3 is 2.52 bits per heavy atom. The predicted octanol–water partition coefficient (Wildman–Crippen LogP) is 4.64. The van der Waals surface area contributed by atoms with Crippen LogP contribution in [0.1, 0.15) is 30.2 Å². The second kappa shape index (κ2) is 7.43. The summed E-state index contributed by atoms with van der Waals surface area (Å²) in [6.45, 7) is 7.85. The highest BCUT2D eigenvalue weighted by molar-refractivity contribution is 6.32. The minimum Gasteiger partial charge on any atom is -0.457 e. The number of benzene rings is 1. The molecule has 0 unspecified atom stereocenters. The molecule has 0 fully saturated rings. The van der Waals surface area contributed by atoms with Gasteiger partial charge in [-0.1, -0.05) is 18.5 Å². The predicted molar refractivity (Wildman–Crippen MR) is 87.2 cm³/mol. The van der Waals surface area contributed by atoms with Crippen LogP contribution >= 0.6 is 11.6 Å². The van der Waals surface area contributed by atoms with E-state index in [4.69, 9.17) is 16.3 Å². The second-order valence-electron chi connectivity index (χ2n) is 5.13. The van der Waals surface area contributed by atoms with Crippen LogP contribution < -0.4 is 10.1 Å². The molecule has 1 heterocycles. The Kier molecular flexibility index (Phi) is 5.59. The van der Waals surface area contributed by atoms with Crippen molar-refractivity contribution in [3.8, 4) is 11.5 Å². The summed E-state index contributed by atoms with van der Waals surface area (Å²) in [7, 11) is 0. The van der Waals surface area contributed by atoms with Crippen LogP contribution in [0.5, 0.6) is 11.5 Å². The van der Waals surface area contributed by atoms with E-state index in [0.29, 0.717) is 0 Å².